The van der Waals surface area contributed by atoms with Crippen LogP contribution in [0, 0.1) is 0 Å². The predicted octanol–water partition coefficient (Wildman–Crippen LogP) is 5.68. The molecule has 1 heterocycles. The van der Waals surface area contributed by atoms with Gasteiger partial charge < -0.3 is 9.53 Å². The van der Waals surface area contributed by atoms with E-state index in [2.05, 4.69) is 45.0 Å². The van der Waals surface area contributed by atoms with Crippen LogP contribution in [0.3, 0.4) is 0 Å². The van der Waals surface area contributed by atoms with E-state index >= 15 is 0 Å². The Morgan fingerprint density at radius 1 is 1.08 bits per heavy atom. The van der Waals surface area contributed by atoms with E-state index in [0.29, 0.717) is 18.7 Å². The van der Waals surface area contributed by atoms with Gasteiger partial charge in [0.1, 0.15) is 11.4 Å². The average Bonchev–Trinajstić information content (AvgIpc) is 2.59. The van der Waals surface area contributed by atoms with Crippen molar-refractivity contribution in [3.05, 3.63) is 65.2 Å². The number of ketones is 1. The van der Waals surface area contributed by atoms with Crippen LogP contribution < -0.4 is 0 Å². The van der Waals surface area contributed by atoms with Crippen molar-refractivity contribution in [2.45, 2.75) is 58.5 Å². The molecule has 0 saturated carbocycles. The monoisotopic (exact) mass is 349 g/mol. The summed E-state index contributed by atoms with van der Waals surface area (Å²) in [5.41, 5.74) is 3.74. The topological polar surface area (TPSA) is 38.7 Å². The zero-order valence-electron chi connectivity index (χ0n) is 16.3. The second-order valence-corrected chi connectivity index (χ2v) is 8.30. The Kier molecular flexibility index (Phi) is 4.74. The first-order chi connectivity index (χ1) is 12.2. The SMILES string of the molecule is CC(=O)CCC1(C)OC(c2ccc(C(C)(C)C)cc2)=Nc2ccccc21. The van der Waals surface area contributed by atoms with Gasteiger partial charge in [-0.2, -0.15) is 0 Å². The number of Topliss-reactive ketones (excluding diaryl/α,β-unsaturated/α-hetero) is 1. The minimum Gasteiger partial charge on any atom is -0.466 e. The standard InChI is InChI=1S/C23H27NO2/c1-16(25)14-15-23(5)19-8-6-7-9-20(19)24-21(26-23)17-10-12-18(13-11-17)22(2,3)4/h6-13H,14-15H2,1-5H3. The van der Waals surface area contributed by atoms with Crippen LogP contribution in [0.4, 0.5) is 5.69 Å². The van der Waals surface area contributed by atoms with Crippen LogP contribution in [-0.4, -0.2) is 11.7 Å². The zero-order valence-corrected chi connectivity index (χ0v) is 16.3. The summed E-state index contributed by atoms with van der Waals surface area (Å²) in [6.45, 7) is 10.3. The van der Waals surface area contributed by atoms with Gasteiger partial charge in [0.05, 0.1) is 5.69 Å². The summed E-state index contributed by atoms with van der Waals surface area (Å²) >= 11 is 0. The normalized spacial score (nSPS) is 19.3. The fourth-order valence-electron chi connectivity index (χ4n) is 3.26. The summed E-state index contributed by atoms with van der Waals surface area (Å²) in [5, 5.41) is 0. The second-order valence-electron chi connectivity index (χ2n) is 8.30. The summed E-state index contributed by atoms with van der Waals surface area (Å²) in [6.07, 6.45) is 1.12. The van der Waals surface area contributed by atoms with E-state index in [0.717, 1.165) is 16.8 Å². The average molecular weight is 349 g/mol. The minimum atomic E-state index is -0.554. The molecule has 0 aromatic heterocycles. The molecule has 3 nitrogen and oxygen atoms in total. The van der Waals surface area contributed by atoms with Crippen molar-refractivity contribution in [3.8, 4) is 0 Å². The summed E-state index contributed by atoms with van der Waals surface area (Å²) in [5.74, 6) is 0.793. The highest BCUT2D eigenvalue weighted by atomic mass is 16.5. The molecule has 1 aliphatic heterocycles. The van der Waals surface area contributed by atoms with E-state index in [-0.39, 0.29) is 11.2 Å². The van der Waals surface area contributed by atoms with Crippen LogP contribution in [0.1, 0.15) is 64.2 Å². The third kappa shape index (κ3) is 3.72. The molecular weight excluding hydrogens is 322 g/mol. The Balaban J connectivity index is 1.99. The molecule has 0 spiro atoms. The number of nitrogens with zero attached hydrogens (tertiary/aromatic N) is 1. The molecule has 1 aliphatic rings. The second kappa shape index (κ2) is 6.71. The molecule has 0 bridgehead atoms. The summed E-state index contributed by atoms with van der Waals surface area (Å²) in [7, 11) is 0. The summed E-state index contributed by atoms with van der Waals surface area (Å²) in [6, 6.07) is 16.4. The molecule has 0 radical (unpaired) electrons. The number of hydrogen-bond donors (Lipinski definition) is 0. The molecular formula is C23H27NO2. The van der Waals surface area contributed by atoms with Crippen LogP contribution in [0.5, 0.6) is 0 Å². The lowest BCUT2D eigenvalue weighted by Gasteiger charge is -2.35. The number of ether oxygens (including phenoxy) is 1. The van der Waals surface area contributed by atoms with Crippen molar-refractivity contribution in [3.63, 3.8) is 0 Å². The Bertz CT molecular complexity index is 843. The predicted molar refractivity (Wildman–Crippen MR) is 106 cm³/mol. The third-order valence-corrected chi connectivity index (χ3v) is 4.97. The smallest absolute Gasteiger partial charge is 0.222 e. The number of hydrogen-bond acceptors (Lipinski definition) is 3. The van der Waals surface area contributed by atoms with E-state index in [1.54, 1.807) is 6.92 Å². The molecule has 3 heteroatoms. The largest absolute Gasteiger partial charge is 0.466 e. The van der Waals surface area contributed by atoms with Crippen molar-refractivity contribution in [1.29, 1.82) is 0 Å². The summed E-state index contributed by atoms with van der Waals surface area (Å²) < 4.78 is 6.36. The van der Waals surface area contributed by atoms with Gasteiger partial charge in [0, 0.05) is 17.5 Å². The first-order valence-corrected chi connectivity index (χ1v) is 9.17. The molecule has 0 saturated heterocycles. The Labute approximate surface area is 156 Å². The maximum atomic E-state index is 11.5. The molecule has 0 N–H and O–H groups in total. The van der Waals surface area contributed by atoms with Crippen molar-refractivity contribution in [1.82, 2.24) is 0 Å². The van der Waals surface area contributed by atoms with Crippen LogP contribution in [-0.2, 0) is 20.5 Å². The van der Waals surface area contributed by atoms with E-state index in [9.17, 15) is 4.79 Å². The Hall–Kier alpha value is -2.42. The lowest BCUT2D eigenvalue weighted by molar-refractivity contribution is -0.118. The van der Waals surface area contributed by atoms with Crippen LogP contribution in [0.15, 0.2) is 53.5 Å². The van der Waals surface area contributed by atoms with Gasteiger partial charge in [-0.3, -0.25) is 0 Å². The van der Waals surface area contributed by atoms with Crippen molar-refractivity contribution < 1.29 is 9.53 Å². The number of carbonyl (C=O) groups is 1. The highest BCUT2D eigenvalue weighted by Crippen LogP contribution is 2.41. The van der Waals surface area contributed by atoms with E-state index in [1.165, 1.54) is 5.56 Å². The van der Waals surface area contributed by atoms with Crippen LogP contribution in [0.2, 0.25) is 0 Å². The Morgan fingerprint density at radius 2 is 1.73 bits per heavy atom. The highest BCUT2D eigenvalue weighted by Gasteiger charge is 2.36. The van der Waals surface area contributed by atoms with Crippen LogP contribution >= 0.6 is 0 Å². The molecule has 1 unspecified atom stereocenters. The van der Waals surface area contributed by atoms with E-state index in [4.69, 9.17) is 9.73 Å². The van der Waals surface area contributed by atoms with Gasteiger partial charge in [0.15, 0.2) is 0 Å². The molecule has 0 aliphatic carbocycles. The molecule has 0 fully saturated rings. The van der Waals surface area contributed by atoms with Crippen molar-refractivity contribution in [2.24, 2.45) is 4.99 Å². The van der Waals surface area contributed by atoms with Gasteiger partial charge in [-0.1, -0.05) is 51.1 Å². The number of carbonyl (C=O) groups excluding carboxylic acids is 1. The molecule has 2 aromatic carbocycles. The first kappa shape index (κ1) is 18.4. The van der Waals surface area contributed by atoms with Gasteiger partial charge in [-0.15, -0.1) is 0 Å². The zero-order chi connectivity index (χ0) is 18.9. The Morgan fingerprint density at radius 3 is 2.35 bits per heavy atom. The lowest BCUT2D eigenvalue weighted by atomic mass is 9.86. The fourth-order valence-corrected chi connectivity index (χ4v) is 3.26. The molecule has 1 atom stereocenters. The quantitative estimate of drug-likeness (QED) is 0.712. The number of rotatable bonds is 4. The maximum absolute atomic E-state index is 11.5. The van der Waals surface area contributed by atoms with Gasteiger partial charge in [-0.05, 0) is 49.4 Å². The molecule has 136 valence electrons. The van der Waals surface area contributed by atoms with Gasteiger partial charge in [0.25, 0.3) is 0 Å². The third-order valence-electron chi connectivity index (χ3n) is 4.97. The summed E-state index contributed by atoms with van der Waals surface area (Å²) in [4.78, 5) is 16.3. The number of fused-ring (bicyclic) bond motifs is 1. The van der Waals surface area contributed by atoms with Crippen molar-refractivity contribution >= 4 is 17.4 Å². The van der Waals surface area contributed by atoms with E-state index < -0.39 is 5.60 Å². The molecule has 0 amide bonds. The van der Waals surface area contributed by atoms with Gasteiger partial charge >= 0.3 is 0 Å². The molecule has 26 heavy (non-hydrogen) atoms. The number of aliphatic imine (C=N–C) groups is 1. The van der Waals surface area contributed by atoms with Crippen molar-refractivity contribution in [2.75, 3.05) is 0 Å². The highest BCUT2D eigenvalue weighted by molar-refractivity contribution is 5.97. The minimum absolute atomic E-state index is 0.108. The number of benzene rings is 2. The van der Waals surface area contributed by atoms with Gasteiger partial charge in [0.2, 0.25) is 5.90 Å². The first-order valence-electron chi connectivity index (χ1n) is 9.17. The molecule has 3 rings (SSSR count). The fraction of sp³-hybridized carbons (Fsp3) is 0.391. The maximum Gasteiger partial charge on any atom is 0.222 e. The van der Waals surface area contributed by atoms with E-state index in [1.807, 2.05) is 31.2 Å². The van der Waals surface area contributed by atoms with Gasteiger partial charge in [-0.25, -0.2) is 4.99 Å². The lowest BCUT2D eigenvalue weighted by Crippen LogP contribution is -2.33. The molecule has 2 aromatic rings. The van der Waals surface area contributed by atoms with Crippen LogP contribution in [0.25, 0.3) is 0 Å². The number of para-hydroxylation sites is 1.